The van der Waals surface area contributed by atoms with Crippen LogP contribution in [0.1, 0.15) is 0 Å². The zero-order valence-corrected chi connectivity index (χ0v) is 9.25. The van der Waals surface area contributed by atoms with E-state index in [1.807, 2.05) is 0 Å². The van der Waals surface area contributed by atoms with Crippen LogP contribution in [0.3, 0.4) is 0 Å². The number of ether oxygens (including phenoxy) is 1. The Morgan fingerprint density at radius 1 is 1.35 bits per heavy atom. The van der Waals surface area contributed by atoms with Gasteiger partial charge in [0.05, 0.1) is 13.3 Å². The molecule has 0 radical (unpaired) electrons. The number of nitrogens with two attached hydrogens (primary N) is 1. The van der Waals surface area contributed by atoms with E-state index in [9.17, 15) is 0 Å². The first-order valence-electron chi connectivity index (χ1n) is 4.97. The molecule has 2 aromatic rings. The van der Waals surface area contributed by atoms with E-state index in [1.165, 1.54) is 19.5 Å². The fourth-order valence-corrected chi connectivity index (χ4v) is 1.11. The number of oxazole rings is 1. The third-order valence-electron chi connectivity index (χ3n) is 1.89. The summed E-state index contributed by atoms with van der Waals surface area (Å²) in [5.41, 5.74) is 5.77. The normalized spacial score (nSPS) is 10.2. The number of aromatic nitrogens is 4. The number of anilines is 1. The minimum Gasteiger partial charge on any atom is -0.467 e. The summed E-state index contributed by atoms with van der Waals surface area (Å²) in [6.45, 7) is 1.09. The second-order valence-electron chi connectivity index (χ2n) is 3.07. The van der Waals surface area contributed by atoms with Crippen molar-refractivity contribution in [2.75, 3.05) is 25.5 Å². The van der Waals surface area contributed by atoms with Gasteiger partial charge < -0.3 is 20.2 Å². The van der Waals surface area contributed by atoms with Gasteiger partial charge in [-0.1, -0.05) is 0 Å². The third-order valence-corrected chi connectivity index (χ3v) is 1.89. The molecule has 0 saturated heterocycles. The molecule has 0 saturated carbocycles. The predicted molar refractivity (Wildman–Crippen MR) is 59.4 cm³/mol. The summed E-state index contributed by atoms with van der Waals surface area (Å²) in [7, 11) is 1.49. The topological polar surface area (TPSA) is 112 Å². The number of methoxy groups -OCH3 is 1. The summed E-state index contributed by atoms with van der Waals surface area (Å²) in [6.07, 6.45) is 2.97. The van der Waals surface area contributed by atoms with Crippen LogP contribution in [0.25, 0.3) is 11.6 Å². The van der Waals surface area contributed by atoms with E-state index in [0.717, 1.165) is 0 Å². The Morgan fingerprint density at radius 2 is 2.24 bits per heavy atom. The molecular weight excluding hydrogens is 224 g/mol. The largest absolute Gasteiger partial charge is 0.467 e. The standard InChI is InChI=1S/C9H12N6O2/c1-16-7-5-12-8(17-7)6-4-13-9(15-14-6)11-3-2-10/h4-5H,2-3,10H2,1H3,(H,11,13,15). The van der Waals surface area contributed by atoms with Gasteiger partial charge in [-0.05, 0) is 0 Å². The minimum atomic E-state index is 0.312. The van der Waals surface area contributed by atoms with Gasteiger partial charge in [0, 0.05) is 13.1 Å². The number of hydrogen-bond donors (Lipinski definition) is 2. The van der Waals surface area contributed by atoms with Crippen molar-refractivity contribution in [1.82, 2.24) is 20.2 Å². The van der Waals surface area contributed by atoms with Crippen molar-refractivity contribution in [1.29, 1.82) is 0 Å². The van der Waals surface area contributed by atoms with Crippen molar-refractivity contribution in [2.24, 2.45) is 5.73 Å². The van der Waals surface area contributed by atoms with Crippen LogP contribution in [0.5, 0.6) is 5.95 Å². The molecule has 0 atom stereocenters. The molecule has 8 nitrogen and oxygen atoms in total. The first kappa shape index (κ1) is 11.3. The summed E-state index contributed by atoms with van der Waals surface area (Å²) >= 11 is 0. The SMILES string of the molecule is COc1cnc(-c2cnc(NCCN)nn2)o1. The minimum absolute atomic E-state index is 0.312. The predicted octanol–water partition coefficient (Wildman–Crippen LogP) is -0.0942. The fourth-order valence-electron chi connectivity index (χ4n) is 1.11. The molecule has 3 N–H and O–H groups in total. The molecule has 90 valence electrons. The highest BCUT2D eigenvalue weighted by Crippen LogP contribution is 2.19. The van der Waals surface area contributed by atoms with Crippen LogP contribution in [0.2, 0.25) is 0 Å². The van der Waals surface area contributed by atoms with Gasteiger partial charge in [0.2, 0.25) is 5.95 Å². The Morgan fingerprint density at radius 3 is 2.82 bits per heavy atom. The lowest BCUT2D eigenvalue weighted by molar-refractivity contribution is 0.308. The average molecular weight is 236 g/mol. The summed E-state index contributed by atoms with van der Waals surface area (Å²) in [6, 6.07) is 0. The molecule has 8 heteroatoms. The molecule has 0 bridgehead atoms. The van der Waals surface area contributed by atoms with Gasteiger partial charge in [0.25, 0.3) is 5.89 Å². The summed E-state index contributed by atoms with van der Waals surface area (Å²) in [5.74, 6) is 1.04. The lowest BCUT2D eigenvalue weighted by Gasteiger charge is -2.00. The quantitative estimate of drug-likeness (QED) is 0.740. The highest BCUT2D eigenvalue weighted by molar-refractivity contribution is 5.45. The molecule has 2 rings (SSSR count). The van der Waals surface area contributed by atoms with Crippen molar-refractivity contribution in [3.05, 3.63) is 12.4 Å². The van der Waals surface area contributed by atoms with E-state index in [2.05, 4.69) is 25.5 Å². The number of nitrogens with one attached hydrogen (secondary N) is 1. The highest BCUT2D eigenvalue weighted by atomic mass is 16.6. The van der Waals surface area contributed by atoms with Gasteiger partial charge in [-0.3, -0.25) is 0 Å². The van der Waals surface area contributed by atoms with Crippen LogP contribution < -0.4 is 15.8 Å². The number of hydrogen-bond acceptors (Lipinski definition) is 8. The smallest absolute Gasteiger partial charge is 0.305 e. The molecule has 0 fully saturated rings. The molecular formula is C9H12N6O2. The molecule has 0 aliphatic carbocycles. The van der Waals surface area contributed by atoms with Crippen LogP contribution in [-0.4, -0.2) is 40.4 Å². The maximum atomic E-state index is 5.34. The van der Waals surface area contributed by atoms with E-state index in [0.29, 0.717) is 36.6 Å². The van der Waals surface area contributed by atoms with Crippen molar-refractivity contribution in [3.63, 3.8) is 0 Å². The molecule has 0 spiro atoms. The van der Waals surface area contributed by atoms with E-state index in [1.54, 1.807) is 0 Å². The molecule has 2 aromatic heterocycles. The Labute approximate surface area is 97.2 Å². The van der Waals surface area contributed by atoms with Crippen LogP contribution in [0, 0.1) is 0 Å². The highest BCUT2D eigenvalue weighted by Gasteiger charge is 2.09. The van der Waals surface area contributed by atoms with Gasteiger partial charge >= 0.3 is 5.95 Å². The van der Waals surface area contributed by atoms with E-state index in [-0.39, 0.29) is 0 Å². The van der Waals surface area contributed by atoms with Crippen LogP contribution >= 0.6 is 0 Å². The summed E-state index contributed by atoms with van der Waals surface area (Å²) < 4.78 is 10.1. The van der Waals surface area contributed by atoms with Gasteiger partial charge in [0.15, 0.2) is 5.69 Å². The molecule has 0 unspecified atom stereocenters. The van der Waals surface area contributed by atoms with Crippen LogP contribution in [-0.2, 0) is 0 Å². The van der Waals surface area contributed by atoms with E-state index in [4.69, 9.17) is 14.9 Å². The molecule has 0 amide bonds. The fraction of sp³-hybridized carbons (Fsp3) is 0.333. The summed E-state index contributed by atoms with van der Waals surface area (Å²) in [5, 5.41) is 10.7. The van der Waals surface area contributed by atoms with Crippen molar-refractivity contribution >= 4 is 5.95 Å². The van der Waals surface area contributed by atoms with Gasteiger partial charge in [0.1, 0.15) is 6.20 Å². The molecule has 17 heavy (non-hydrogen) atoms. The van der Waals surface area contributed by atoms with Gasteiger partial charge in [-0.15, -0.1) is 10.2 Å². The second-order valence-corrected chi connectivity index (χ2v) is 3.07. The van der Waals surface area contributed by atoms with Crippen molar-refractivity contribution < 1.29 is 9.15 Å². The second kappa shape index (κ2) is 5.21. The maximum Gasteiger partial charge on any atom is 0.305 e. The lowest BCUT2D eigenvalue weighted by Crippen LogP contribution is -2.15. The molecule has 0 aliphatic rings. The first-order chi connectivity index (χ1) is 8.33. The van der Waals surface area contributed by atoms with Gasteiger partial charge in [-0.25, -0.2) is 9.97 Å². The molecule has 0 aromatic carbocycles. The number of rotatable bonds is 5. The Kier molecular flexibility index (Phi) is 3.46. The van der Waals surface area contributed by atoms with Crippen molar-refractivity contribution in [3.8, 4) is 17.5 Å². The Balaban J connectivity index is 2.11. The number of nitrogens with zero attached hydrogens (tertiary/aromatic N) is 4. The zero-order chi connectivity index (χ0) is 12.1. The Bertz CT molecular complexity index is 469. The van der Waals surface area contributed by atoms with Crippen molar-refractivity contribution in [2.45, 2.75) is 0 Å². The van der Waals surface area contributed by atoms with E-state index < -0.39 is 0 Å². The van der Waals surface area contributed by atoms with Crippen LogP contribution in [0.15, 0.2) is 16.8 Å². The molecule has 0 aliphatic heterocycles. The molecule has 2 heterocycles. The average Bonchev–Trinajstić information content (AvgIpc) is 2.86. The Hall–Kier alpha value is -2.22. The summed E-state index contributed by atoms with van der Waals surface area (Å²) in [4.78, 5) is 8.02. The monoisotopic (exact) mass is 236 g/mol. The van der Waals surface area contributed by atoms with E-state index >= 15 is 0 Å². The van der Waals surface area contributed by atoms with Crippen LogP contribution in [0.4, 0.5) is 5.95 Å². The maximum absolute atomic E-state index is 5.34. The first-order valence-corrected chi connectivity index (χ1v) is 4.97. The third kappa shape index (κ3) is 2.67. The van der Waals surface area contributed by atoms with Gasteiger partial charge in [-0.2, -0.15) is 0 Å². The zero-order valence-electron chi connectivity index (χ0n) is 9.25. The lowest BCUT2D eigenvalue weighted by atomic mass is 10.5.